The molecule has 2 fully saturated rings. The second-order valence-corrected chi connectivity index (χ2v) is 7.24. The van der Waals surface area contributed by atoms with Gasteiger partial charge in [-0.1, -0.05) is 43.2 Å². The highest BCUT2D eigenvalue weighted by Crippen LogP contribution is 2.38. The van der Waals surface area contributed by atoms with Crippen LogP contribution < -0.4 is 0 Å². The first-order valence-electron chi connectivity index (χ1n) is 9.43. The monoisotopic (exact) mass is 344 g/mol. The SMILES string of the molecule is O=C(O)CCN1CCN(C(=O)[C@@H](c2ccccc2)C2CCCC2)CC1. The van der Waals surface area contributed by atoms with Gasteiger partial charge in [-0.15, -0.1) is 0 Å². The molecule has 5 heteroatoms. The third-order valence-electron chi connectivity index (χ3n) is 5.62. The molecule has 1 N–H and O–H groups in total. The Kier molecular flexibility index (Phi) is 6.08. The average molecular weight is 344 g/mol. The summed E-state index contributed by atoms with van der Waals surface area (Å²) in [5.74, 6) is -0.0610. The molecule has 1 saturated heterocycles. The van der Waals surface area contributed by atoms with Gasteiger partial charge in [0, 0.05) is 32.7 Å². The largest absolute Gasteiger partial charge is 0.481 e. The number of piperazine rings is 1. The number of hydrogen-bond acceptors (Lipinski definition) is 3. The predicted octanol–water partition coefficient (Wildman–Crippen LogP) is 2.58. The van der Waals surface area contributed by atoms with E-state index in [-0.39, 0.29) is 18.2 Å². The number of benzene rings is 1. The number of carboxylic acids is 1. The molecule has 0 aromatic heterocycles. The first-order chi connectivity index (χ1) is 12.1. The lowest BCUT2D eigenvalue weighted by molar-refractivity contribution is -0.139. The van der Waals surface area contributed by atoms with Gasteiger partial charge in [-0.25, -0.2) is 0 Å². The van der Waals surface area contributed by atoms with Crippen molar-refractivity contribution in [3.8, 4) is 0 Å². The van der Waals surface area contributed by atoms with E-state index in [1.807, 2.05) is 23.1 Å². The van der Waals surface area contributed by atoms with E-state index in [0.717, 1.165) is 31.5 Å². The average Bonchev–Trinajstić information content (AvgIpc) is 3.15. The molecular formula is C20H28N2O3. The molecule has 5 nitrogen and oxygen atoms in total. The molecule has 1 aromatic carbocycles. The van der Waals surface area contributed by atoms with Gasteiger partial charge in [0.15, 0.2) is 0 Å². The van der Waals surface area contributed by atoms with Gasteiger partial charge in [-0.05, 0) is 24.3 Å². The van der Waals surface area contributed by atoms with Crippen LogP contribution in [0.1, 0.15) is 43.6 Å². The second-order valence-electron chi connectivity index (χ2n) is 7.24. The smallest absolute Gasteiger partial charge is 0.304 e. The number of carbonyl (C=O) groups excluding carboxylic acids is 1. The lowest BCUT2D eigenvalue weighted by atomic mass is 9.83. The van der Waals surface area contributed by atoms with E-state index in [1.54, 1.807) is 0 Å². The van der Waals surface area contributed by atoms with Gasteiger partial charge in [0.25, 0.3) is 0 Å². The van der Waals surface area contributed by atoms with Crippen LogP contribution in [-0.4, -0.2) is 59.5 Å². The summed E-state index contributed by atoms with van der Waals surface area (Å²) in [6.07, 6.45) is 4.91. The van der Waals surface area contributed by atoms with E-state index in [2.05, 4.69) is 17.0 Å². The van der Waals surface area contributed by atoms with Gasteiger partial charge in [0.2, 0.25) is 5.91 Å². The Bertz CT molecular complexity index is 576. The highest BCUT2D eigenvalue weighted by molar-refractivity contribution is 5.84. The third-order valence-corrected chi connectivity index (χ3v) is 5.62. The van der Waals surface area contributed by atoms with Gasteiger partial charge < -0.3 is 10.0 Å². The van der Waals surface area contributed by atoms with Crippen LogP contribution in [0.2, 0.25) is 0 Å². The molecule has 3 rings (SSSR count). The quantitative estimate of drug-likeness (QED) is 0.862. The highest BCUT2D eigenvalue weighted by atomic mass is 16.4. The van der Waals surface area contributed by atoms with Gasteiger partial charge in [0.1, 0.15) is 0 Å². The summed E-state index contributed by atoms with van der Waals surface area (Å²) in [4.78, 5) is 28.1. The van der Waals surface area contributed by atoms with E-state index >= 15 is 0 Å². The summed E-state index contributed by atoms with van der Waals surface area (Å²) in [5.41, 5.74) is 1.15. The fourth-order valence-corrected chi connectivity index (χ4v) is 4.21. The minimum absolute atomic E-state index is 0.0192. The van der Waals surface area contributed by atoms with Crippen LogP contribution in [0, 0.1) is 5.92 Å². The highest BCUT2D eigenvalue weighted by Gasteiger charge is 2.35. The Labute approximate surface area is 149 Å². The molecule has 136 valence electrons. The Morgan fingerprint density at radius 2 is 1.68 bits per heavy atom. The molecule has 1 aliphatic heterocycles. The molecule has 1 aliphatic carbocycles. The zero-order valence-corrected chi connectivity index (χ0v) is 14.8. The van der Waals surface area contributed by atoms with Crippen LogP contribution in [0.15, 0.2) is 30.3 Å². The number of carbonyl (C=O) groups is 2. The van der Waals surface area contributed by atoms with Crippen molar-refractivity contribution in [1.82, 2.24) is 9.80 Å². The van der Waals surface area contributed by atoms with Gasteiger partial charge in [0.05, 0.1) is 12.3 Å². The summed E-state index contributed by atoms with van der Waals surface area (Å²) in [7, 11) is 0. The molecule has 2 aliphatic rings. The van der Waals surface area contributed by atoms with E-state index in [9.17, 15) is 9.59 Å². The van der Waals surface area contributed by atoms with Crippen LogP contribution in [0.25, 0.3) is 0 Å². The first-order valence-corrected chi connectivity index (χ1v) is 9.43. The molecule has 0 unspecified atom stereocenters. The first kappa shape index (κ1) is 17.9. The minimum Gasteiger partial charge on any atom is -0.481 e. The van der Waals surface area contributed by atoms with Gasteiger partial charge >= 0.3 is 5.97 Å². The number of aliphatic carboxylic acids is 1. The number of hydrogen-bond donors (Lipinski definition) is 1. The Hall–Kier alpha value is -1.88. The maximum Gasteiger partial charge on any atom is 0.304 e. The van der Waals surface area contributed by atoms with Crippen molar-refractivity contribution in [2.45, 2.75) is 38.0 Å². The molecular weight excluding hydrogens is 316 g/mol. The lowest BCUT2D eigenvalue weighted by Crippen LogP contribution is -2.50. The predicted molar refractivity (Wildman–Crippen MR) is 96.4 cm³/mol. The van der Waals surface area contributed by atoms with Gasteiger partial charge in [-0.2, -0.15) is 0 Å². The van der Waals surface area contributed by atoms with Crippen molar-refractivity contribution in [2.75, 3.05) is 32.7 Å². The molecule has 1 heterocycles. The number of amides is 1. The van der Waals surface area contributed by atoms with Crippen molar-refractivity contribution >= 4 is 11.9 Å². The maximum atomic E-state index is 13.3. The Balaban J connectivity index is 1.64. The maximum absolute atomic E-state index is 13.3. The molecule has 0 spiro atoms. The van der Waals surface area contributed by atoms with E-state index in [4.69, 9.17) is 5.11 Å². The molecule has 1 saturated carbocycles. The number of carboxylic acid groups (broad SMARTS) is 1. The topological polar surface area (TPSA) is 60.9 Å². The van der Waals surface area contributed by atoms with Gasteiger partial charge in [-0.3, -0.25) is 14.5 Å². The summed E-state index contributed by atoms with van der Waals surface area (Å²) >= 11 is 0. The van der Waals surface area contributed by atoms with Crippen molar-refractivity contribution in [2.24, 2.45) is 5.92 Å². The summed E-state index contributed by atoms with van der Waals surface area (Å²) < 4.78 is 0. The molecule has 1 amide bonds. The Morgan fingerprint density at radius 3 is 2.28 bits per heavy atom. The van der Waals surface area contributed by atoms with Crippen molar-refractivity contribution in [3.05, 3.63) is 35.9 Å². The summed E-state index contributed by atoms with van der Waals surface area (Å²) in [6, 6.07) is 10.2. The normalized spacial score (nSPS) is 20.6. The summed E-state index contributed by atoms with van der Waals surface area (Å²) in [5, 5.41) is 8.81. The zero-order valence-electron chi connectivity index (χ0n) is 14.8. The van der Waals surface area contributed by atoms with Crippen LogP contribution in [0.4, 0.5) is 0 Å². The number of nitrogens with zero attached hydrogens (tertiary/aromatic N) is 2. The minimum atomic E-state index is -0.760. The molecule has 0 bridgehead atoms. The summed E-state index contributed by atoms with van der Waals surface area (Å²) in [6.45, 7) is 3.52. The fraction of sp³-hybridized carbons (Fsp3) is 0.600. The van der Waals surface area contributed by atoms with E-state index in [0.29, 0.717) is 25.6 Å². The zero-order chi connectivity index (χ0) is 17.6. The number of rotatable bonds is 6. The fourth-order valence-electron chi connectivity index (χ4n) is 4.21. The van der Waals surface area contributed by atoms with Crippen LogP contribution >= 0.6 is 0 Å². The van der Waals surface area contributed by atoms with Crippen LogP contribution in [0.5, 0.6) is 0 Å². The van der Waals surface area contributed by atoms with Crippen molar-refractivity contribution in [3.63, 3.8) is 0 Å². The van der Waals surface area contributed by atoms with Crippen LogP contribution in [-0.2, 0) is 9.59 Å². The standard InChI is InChI=1S/C20H28N2O3/c23-18(24)10-11-21-12-14-22(15-13-21)20(25)19(17-8-4-5-9-17)16-6-2-1-3-7-16/h1-3,6-7,17,19H,4-5,8-15H2,(H,23,24)/t19-/m0/s1. The molecule has 25 heavy (non-hydrogen) atoms. The van der Waals surface area contributed by atoms with Crippen molar-refractivity contribution in [1.29, 1.82) is 0 Å². The van der Waals surface area contributed by atoms with Crippen LogP contribution in [0.3, 0.4) is 0 Å². The third kappa shape index (κ3) is 4.60. The second kappa shape index (κ2) is 8.48. The molecule has 0 radical (unpaired) electrons. The van der Waals surface area contributed by atoms with E-state index in [1.165, 1.54) is 12.8 Å². The molecule has 1 aromatic rings. The molecule has 1 atom stereocenters. The van der Waals surface area contributed by atoms with Crippen molar-refractivity contribution < 1.29 is 14.7 Å². The van der Waals surface area contributed by atoms with E-state index < -0.39 is 5.97 Å². The Morgan fingerprint density at radius 1 is 1.04 bits per heavy atom. The lowest BCUT2D eigenvalue weighted by Gasteiger charge is -2.37.